The number of carbonyl (C=O) groups is 1. The van der Waals surface area contributed by atoms with Crippen molar-refractivity contribution in [3.8, 4) is 17.0 Å². The van der Waals surface area contributed by atoms with Crippen LogP contribution in [0.4, 0.5) is 9.52 Å². The smallest absolute Gasteiger partial charge is 0.339 e. The summed E-state index contributed by atoms with van der Waals surface area (Å²) in [5.41, 5.74) is 2.67. The van der Waals surface area contributed by atoms with Crippen LogP contribution < -0.4 is 15.7 Å². The molecule has 0 spiro atoms. The Balaban J connectivity index is 1.45. The summed E-state index contributed by atoms with van der Waals surface area (Å²) in [4.78, 5) is 29.2. The Bertz CT molecular complexity index is 1310. The highest BCUT2D eigenvalue weighted by Gasteiger charge is 2.15. The number of carbonyl (C=O) groups excluding carboxylic acids is 1. The molecular weight excluding hydrogens is 419 g/mol. The second-order valence-electron chi connectivity index (χ2n) is 6.95. The zero-order chi connectivity index (χ0) is 22.0. The largest absolute Gasteiger partial charge is 0.497 e. The summed E-state index contributed by atoms with van der Waals surface area (Å²) in [6, 6.07) is 11.3. The number of methoxy groups -OCH3 is 1. The highest BCUT2D eigenvalue weighted by Crippen LogP contribution is 2.26. The van der Waals surface area contributed by atoms with Crippen molar-refractivity contribution in [3.63, 3.8) is 0 Å². The standard InChI is InChI=1S/C23H19FN2O4S/c1-13-17-8-7-16(29-2)11-20(17)30-22(28)18(13)9-10-21(27)26-23-25-19(12-31-23)14-3-5-15(24)6-4-14/h3-8,11-12H,9-10H2,1-2H3,(H,25,26,27). The van der Waals surface area contributed by atoms with E-state index in [0.29, 0.717) is 27.7 Å². The molecule has 0 radical (unpaired) electrons. The third-order valence-corrected chi connectivity index (χ3v) is 5.74. The molecule has 1 amide bonds. The average Bonchev–Trinajstić information content (AvgIpc) is 3.22. The average molecular weight is 438 g/mol. The number of nitrogens with zero attached hydrogens (tertiary/aromatic N) is 1. The first-order chi connectivity index (χ1) is 14.9. The number of nitrogens with one attached hydrogen (secondary N) is 1. The van der Waals surface area contributed by atoms with E-state index in [9.17, 15) is 14.0 Å². The highest BCUT2D eigenvalue weighted by atomic mass is 32.1. The van der Waals surface area contributed by atoms with Crippen LogP contribution in [0, 0.1) is 12.7 Å². The number of hydrogen-bond acceptors (Lipinski definition) is 6. The van der Waals surface area contributed by atoms with Gasteiger partial charge in [0.05, 0.1) is 12.8 Å². The molecule has 0 saturated heterocycles. The maximum absolute atomic E-state index is 13.1. The van der Waals surface area contributed by atoms with Crippen LogP contribution in [0.2, 0.25) is 0 Å². The van der Waals surface area contributed by atoms with Crippen molar-refractivity contribution in [2.45, 2.75) is 19.8 Å². The summed E-state index contributed by atoms with van der Waals surface area (Å²) in [6.45, 7) is 1.84. The Kier molecular flexibility index (Phi) is 5.81. The third-order valence-electron chi connectivity index (χ3n) is 4.99. The van der Waals surface area contributed by atoms with E-state index in [-0.39, 0.29) is 24.6 Å². The van der Waals surface area contributed by atoms with Gasteiger partial charge in [0.25, 0.3) is 0 Å². The van der Waals surface area contributed by atoms with E-state index >= 15 is 0 Å². The van der Waals surface area contributed by atoms with Gasteiger partial charge in [-0.05, 0) is 55.3 Å². The van der Waals surface area contributed by atoms with Gasteiger partial charge in [0.15, 0.2) is 5.13 Å². The minimum atomic E-state index is -0.459. The van der Waals surface area contributed by atoms with Gasteiger partial charge in [-0.1, -0.05) is 0 Å². The van der Waals surface area contributed by atoms with Gasteiger partial charge in [-0.25, -0.2) is 14.2 Å². The quantitative estimate of drug-likeness (QED) is 0.431. The minimum absolute atomic E-state index is 0.110. The number of fused-ring (bicyclic) bond motifs is 1. The number of rotatable bonds is 6. The lowest BCUT2D eigenvalue weighted by Crippen LogP contribution is -2.16. The molecule has 4 aromatic rings. The van der Waals surface area contributed by atoms with Crippen molar-refractivity contribution in [3.05, 3.63) is 75.2 Å². The molecule has 1 N–H and O–H groups in total. The SMILES string of the molecule is COc1ccc2c(C)c(CCC(=O)Nc3nc(-c4ccc(F)cc4)cs3)c(=O)oc2c1. The molecule has 0 atom stereocenters. The van der Waals surface area contributed by atoms with Gasteiger partial charge in [-0.15, -0.1) is 11.3 Å². The second kappa shape index (κ2) is 8.69. The first-order valence-electron chi connectivity index (χ1n) is 9.56. The molecule has 0 aliphatic rings. The molecule has 0 aliphatic heterocycles. The van der Waals surface area contributed by atoms with Gasteiger partial charge in [0, 0.05) is 34.4 Å². The van der Waals surface area contributed by atoms with Crippen LogP contribution in [0.3, 0.4) is 0 Å². The Morgan fingerprint density at radius 2 is 2.00 bits per heavy atom. The number of aryl methyl sites for hydroxylation is 1. The molecular formula is C23H19FN2O4S. The number of anilines is 1. The van der Waals surface area contributed by atoms with E-state index in [1.807, 2.05) is 13.0 Å². The van der Waals surface area contributed by atoms with E-state index in [1.165, 1.54) is 23.5 Å². The Morgan fingerprint density at radius 1 is 1.23 bits per heavy atom. The first-order valence-corrected chi connectivity index (χ1v) is 10.4. The summed E-state index contributed by atoms with van der Waals surface area (Å²) >= 11 is 1.28. The predicted molar refractivity (Wildman–Crippen MR) is 118 cm³/mol. The fourth-order valence-electron chi connectivity index (χ4n) is 3.30. The molecule has 2 heterocycles. The number of aromatic nitrogens is 1. The summed E-state index contributed by atoms with van der Waals surface area (Å²) in [6.07, 6.45) is 0.358. The lowest BCUT2D eigenvalue weighted by Gasteiger charge is -2.08. The molecule has 158 valence electrons. The van der Waals surface area contributed by atoms with Gasteiger partial charge in [-0.2, -0.15) is 0 Å². The van der Waals surface area contributed by atoms with E-state index in [2.05, 4.69) is 10.3 Å². The maximum Gasteiger partial charge on any atom is 0.339 e. The zero-order valence-corrected chi connectivity index (χ0v) is 17.7. The summed E-state index contributed by atoms with van der Waals surface area (Å²) in [5, 5.41) is 5.79. The summed E-state index contributed by atoms with van der Waals surface area (Å²) in [7, 11) is 1.55. The minimum Gasteiger partial charge on any atom is -0.497 e. The topological polar surface area (TPSA) is 81.4 Å². The Morgan fingerprint density at radius 3 is 2.74 bits per heavy atom. The zero-order valence-electron chi connectivity index (χ0n) is 16.9. The molecule has 4 rings (SSSR count). The number of ether oxygens (including phenoxy) is 1. The summed E-state index contributed by atoms with van der Waals surface area (Å²) < 4.78 is 23.7. The molecule has 6 nitrogen and oxygen atoms in total. The number of halogens is 1. The van der Waals surface area contributed by atoms with Crippen molar-refractivity contribution < 1.29 is 18.3 Å². The predicted octanol–water partition coefficient (Wildman–Crippen LogP) is 4.94. The number of hydrogen-bond donors (Lipinski definition) is 1. The van der Waals surface area contributed by atoms with Crippen molar-refractivity contribution in [2.24, 2.45) is 0 Å². The summed E-state index contributed by atoms with van der Waals surface area (Å²) in [5.74, 6) is 0.0272. The fraction of sp³-hybridized carbons (Fsp3) is 0.174. The highest BCUT2D eigenvalue weighted by molar-refractivity contribution is 7.14. The molecule has 0 bridgehead atoms. The van der Waals surface area contributed by atoms with E-state index < -0.39 is 5.63 Å². The molecule has 31 heavy (non-hydrogen) atoms. The van der Waals surface area contributed by atoms with Crippen LogP contribution in [0.1, 0.15) is 17.5 Å². The van der Waals surface area contributed by atoms with Crippen LogP contribution in [-0.2, 0) is 11.2 Å². The number of thiazole rings is 1. The Labute approximate surface area is 181 Å². The van der Waals surface area contributed by atoms with Crippen LogP contribution in [0.5, 0.6) is 5.75 Å². The lowest BCUT2D eigenvalue weighted by atomic mass is 10.0. The number of benzene rings is 2. The fourth-order valence-corrected chi connectivity index (χ4v) is 4.03. The monoisotopic (exact) mass is 438 g/mol. The van der Waals surface area contributed by atoms with Gasteiger partial charge in [-0.3, -0.25) is 4.79 Å². The van der Waals surface area contributed by atoms with Gasteiger partial charge < -0.3 is 14.5 Å². The number of amides is 1. The van der Waals surface area contributed by atoms with Crippen molar-refractivity contribution in [1.29, 1.82) is 0 Å². The molecule has 0 fully saturated rings. The molecule has 0 aliphatic carbocycles. The molecule has 2 aromatic carbocycles. The molecule has 0 saturated carbocycles. The third kappa shape index (κ3) is 4.49. The second-order valence-corrected chi connectivity index (χ2v) is 7.81. The van der Waals surface area contributed by atoms with Crippen LogP contribution >= 0.6 is 11.3 Å². The maximum atomic E-state index is 13.1. The normalized spacial score (nSPS) is 10.9. The van der Waals surface area contributed by atoms with Gasteiger partial charge in [0.2, 0.25) is 5.91 Å². The van der Waals surface area contributed by atoms with Crippen molar-refractivity contribution in [2.75, 3.05) is 12.4 Å². The lowest BCUT2D eigenvalue weighted by molar-refractivity contribution is -0.116. The van der Waals surface area contributed by atoms with Crippen molar-refractivity contribution >= 4 is 33.3 Å². The Hall–Kier alpha value is -3.52. The molecule has 8 heteroatoms. The van der Waals surface area contributed by atoms with E-state index in [0.717, 1.165) is 16.5 Å². The van der Waals surface area contributed by atoms with Gasteiger partial charge in [0.1, 0.15) is 17.1 Å². The molecule has 0 unspecified atom stereocenters. The molecule has 2 aromatic heterocycles. The van der Waals surface area contributed by atoms with Crippen LogP contribution in [0.25, 0.3) is 22.2 Å². The van der Waals surface area contributed by atoms with E-state index in [1.54, 1.807) is 36.8 Å². The van der Waals surface area contributed by atoms with Crippen molar-refractivity contribution in [1.82, 2.24) is 4.98 Å². The van der Waals surface area contributed by atoms with E-state index in [4.69, 9.17) is 9.15 Å². The van der Waals surface area contributed by atoms with Crippen LogP contribution in [0.15, 0.2) is 57.1 Å². The van der Waals surface area contributed by atoms with Crippen LogP contribution in [-0.4, -0.2) is 18.0 Å². The first kappa shape index (κ1) is 20.7. The van der Waals surface area contributed by atoms with Gasteiger partial charge >= 0.3 is 5.63 Å².